The van der Waals surface area contributed by atoms with E-state index in [0.717, 1.165) is 12.1 Å². The molecule has 1 aromatic carbocycles. The second-order valence-corrected chi connectivity index (χ2v) is 6.86. The summed E-state index contributed by atoms with van der Waals surface area (Å²) in [6.07, 6.45) is 0.670. The van der Waals surface area contributed by atoms with Crippen molar-refractivity contribution in [3.63, 3.8) is 0 Å². The topological polar surface area (TPSA) is 116 Å². The molecule has 1 unspecified atom stereocenters. The fourth-order valence-corrected chi connectivity index (χ4v) is 4.14. The molecule has 1 aromatic rings. The number of hydrogen-bond donors (Lipinski definition) is 1. The molecule has 8 nitrogen and oxygen atoms in total. The Morgan fingerprint density at radius 2 is 2.24 bits per heavy atom. The van der Waals surface area contributed by atoms with E-state index in [9.17, 15) is 18.5 Å². The minimum absolute atomic E-state index is 0.102. The Morgan fingerprint density at radius 3 is 2.86 bits per heavy atom. The minimum Gasteiger partial charge on any atom is -0.399 e. The lowest BCUT2D eigenvalue weighted by Gasteiger charge is -2.16. The highest BCUT2D eigenvalue weighted by Crippen LogP contribution is 2.31. The maximum absolute atomic E-state index is 12.6. The summed E-state index contributed by atoms with van der Waals surface area (Å²) >= 11 is 0. The van der Waals surface area contributed by atoms with Crippen LogP contribution in [0.3, 0.4) is 0 Å². The first kappa shape index (κ1) is 15.7. The summed E-state index contributed by atoms with van der Waals surface area (Å²) in [5.41, 5.74) is 5.29. The highest BCUT2D eigenvalue weighted by atomic mass is 32.2. The van der Waals surface area contributed by atoms with Gasteiger partial charge < -0.3 is 10.5 Å². The highest BCUT2D eigenvalue weighted by molar-refractivity contribution is 7.89. The molecule has 1 fully saturated rings. The first-order valence-electron chi connectivity index (χ1n) is 6.39. The van der Waals surface area contributed by atoms with E-state index in [-0.39, 0.29) is 16.5 Å². The van der Waals surface area contributed by atoms with Crippen molar-refractivity contribution in [1.29, 1.82) is 0 Å². The maximum atomic E-state index is 12.6. The number of sulfonamides is 1. The molecule has 1 heterocycles. The van der Waals surface area contributed by atoms with Crippen LogP contribution in [0, 0.1) is 16.0 Å². The lowest BCUT2D eigenvalue weighted by molar-refractivity contribution is -0.387. The number of rotatable bonds is 5. The lowest BCUT2D eigenvalue weighted by Crippen LogP contribution is -2.30. The molecule has 1 saturated heterocycles. The van der Waals surface area contributed by atoms with Crippen LogP contribution >= 0.6 is 0 Å². The second-order valence-electron chi connectivity index (χ2n) is 4.96. The molecule has 0 spiro atoms. The fraction of sp³-hybridized carbons (Fsp3) is 0.500. The van der Waals surface area contributed by atoms with Crippen LogP contribution in [0.25, 0.3) is 0 Å². The first-order chi connectivity index (χ1) is 9.86. The number of anilines is 1. The molecule has 21 heavy (non-hydrogen) atoms. The van der Waals surface area contributed by atoms with Crippen molar-refractivity contribution >= 4 is 21.4 Å². The summed E-state index contributed by atoms with van der Waals surface area (Å²) in [7, 11) is -2.38. The first-order valence-corrected chi connectivity index (χ1v) is 7.83. The predicted octanol–water partition coefficient (Wildman–Crippen LogP) is 0.834. The molecule has 0 aliphatic carbocycles. The number of nitro groups is 1. The van der Waals surface area contributed by atoms with Gasteiger partial charge in [-0.2, -0.15) is 4.31 Å². The standard InChI is InChI=1S/C12H17N3O5S/c1-20-8-9-4-5-14(7-9)21(18,19)12-6-10(13)2-3-11(12)15(16)17/h2-3,6,9H,4-5,7-8,13H2,1H3. The van der Waals surface area contributed by atoms with Crippen LogP contribution in [-0.4, -0.2) is 44.5 Å². The van der Waals surface area contributed by atoms with E-state index in [0.29, 0.717) is 26.1 Å². The van der Waals surface area contributed by atoms with Crippen molar-refractivity contribution in [2.75, 3.05) is 32.5 Å². The molecule has 1 aliphatic rings. The maximum Gasteiger partial charge on any atom is 0.289 e. The van der Waals surface area contributed by atoms with Crippen LogP contribution < -0.4 is 5.73 Å². The number of nitrogen functional groups attached to an aromatic ring is 1. The van der Waals surface area contributed by atoms with Gasteiger partial charge in [-0.25, -0.2) is 8.42 Å². The molecule has 9 heteroatoms. The van der Waals surface area contributed by atoms with Crippen molar-refractivity contribution < 1.29 is 18.1 Å². The van der Waals surface area contributed by atoms with Crippen LogP contribution in [0.4, 0.5) is 11.4 Å². The zero-order valence-corrected chi connectivity index (χ0v) is 12.4. The van der Waals surface area contributed by atoms with Gasteiger partial charge in [0.1, 0.15) is 0 Å². The largest absolute Gasteiger partial charge is 0.399 e. The Hall–Kier alpha value is -1.71. The number of nitrogens with zero attached hydrogens (tertiary/aromatic N) is 2. The van der Waals surface area contributed by atoms with Gasteiger partial charge in [-0.15, -0.1) is 0 Å². The molecule has 116 valence electrons. The van der Waals surface area contributed by atoms with Gasteiger partial charge in [0.15, 0.2) is 4.90 Å². The minimum atomic E-state index is -3.93. The molecular formula is C12H17N3O5S. The summed E-state index contributed by atoms with van der Waals surface area (Å²) in [6, 6.07) is 3.57. The molecular weight excluding hydrogens is 298 g/mol. The fourth-order valence-electron chi connectivity index (χ4n) is 2.41. The van der Waals surface area contributed by atoms with E-state index in [1.54, 1.807) is 7.11 Å². The summed E-state index contributed by atoms with van der Waals surface area (Å²) in [4.78, 5) is 9.95. The van der Waals surface area contributed by atoms with Gasteiger partial charge in [-0.3, -0.25) is 10.1 Å². The van der Waals surface area contributed by atoms with Gasteiger partial charge >= 0.3 is 0 Å². The monoisotopic (exact) mass is 315 g/mol. The molecule has 2 N–H and O–H groups in total. The summed E-state index contributed by atoms with van der Waals surface area (Å²) in [5, 5.41) is 11.0. The van der Waals surface area contributed by atoms with E-state index >= 15 is 0 Å². The number of nitro benzene ring substituents is 1. The number of methoxy groups -OCH3 is 1. The summed E-state index contributed by atoms with van der Waals surface area (Å²) in [5.74, 6) is 0.102. The predicted molar refractivity (Wildman–Crippen MR) is 76.3 cm³/mol. The Morgan fingerprint density at radius 1 is 1.52 bits per heavy atom. The Labute approximate surface area is 122 Å². The number of benzene rings is 1. The van der Waals surface area contributed by atoms with Crippen molar-refractivity contribution in [3.8, 4) is 0 Å². The van der Waals surface area contributed by atoms with Gasteiger partial charge in [0.2, 0.25) is 10.0 Å². The molecule has 0 radical (unpaired) electrons. The quantitative estimate of drug-likeness (QED) is 0.489. The zero-order chi connectivity index (χ0) is 15.6. The van der Waals surface area contributed by atoms with Crippen molar-refractivity contribution in [1.82, 2.24) is 4.31 Å². The molecule has 0 saturated carbocycles. The lowest BCUT2D eigenvalue weighted by atomic mass is 10.1. The van der Waals surface area contributed by atoms with E-state index in [1.807, 2.05) is 0 Å². The number of ether oxygens (including phenoxy) is 1. The van der Waals surface area contributed by atoms with Crippen molar-refractivity contribution in [2.24, 2.45) is 5.92 Å². The van der Waals surface area contributed by atoms with Gasteiger partial charge in [0.25, 0.3) is 5.69 Å². The van der Waals surface area contributed by atoms with Crippen LogP contribution in [0.2, 0.25) is 0 Å². The average Bonchev–Trinajstić information content (AvgIpc) is 2.88. The number of hydrogen-bond acceptors (Lipinski definition) is 6. The smallest absolute Gasteiger partial charge is 0.289 e. The third-order valence-corrected chi connectivity index (χ3v) is 5.34. The highest BCUT2D eigenvalue weighted by Gasteiger charge is 2.36. The van der Waals surface area contributed by atoms with Gasteiger partial charge in [0.05, 0.1) is 11.5 Å². The molecule has 0 bridgehead atoms. The zero-order valence-electron chi connectivity index (χ0n) is 11.6. The third kappa shape index (κ3) is 3.14. The van der Waals surface area contributed by atoms with E-state index in [1.165, 1.54) is 10.4 Å². The molecule has 1 atom stereocenters. The SMILES string of the molecule is COCC1CCN(S(=O)(=O)c2cc(N)ccc2[N+](=O)[O-])C1. The van der Waals surface area contributed by atoms with Gasteiger partial charge in [0, 0.05) is 32.0 Å². The second kappa shape index (κ2) is 5.96. The van der Waals surface area contributed by atoms with E-state index < -0.39 is 20.6 Å². The number of nitrogens with two attached hydrogens (primary N) is 1. The molecule has 0 amide bonds. The Balaban J connectivity index is 2.36. The van der Waals surface area contributed by atoms with Crippen LogP contribution in [0.5, 0.6) is 0 Å². The Kier molecular flexibility index (Phi) is 4.45. The summed E-state index contributed by atoms with van der Waals surface area (Å²) in [6.45, 7) is 1.08. The van der Waals surface area contributed by atoms with E-state index in [4.69, 9.17) is 10.5 Å². The molecule has 0 aromatic heterocycles. The normalized spacial score (nSPS) is 19.8. The van der Waals surface area contributed by atoms with Crippen LogP contribution in [-0.2, 0) is 14.8 Å². The van der Waals surface area contributed by atoms with E-state index in [2.05, 4.69) is 0 Å². The Bertz CT molecular complexity index is 646. The van der Waals surface area contributed by atoms with Crippen molar-refractivity contribution in [2.45, 2.75) is 11.3 Å². The van der Waals surface area contributed by atoms with Crippen LogP contribution in [0.1, 0.15) is 6.42 Å². The van der Waals surface area contributed by atoms with Gasteiger partial charge in [-0.1, -0.05) is 0 Å². The van der Waals surface area contributed by atoms with Gasteiger partial charge in [-0.05, 0) is 24.5 Å². The molecule has 2 rings (SSSR count). The summed E-state index contributed by atoms with van der Waals surface area (Å²) < 4.78 is 31.4. The van der Waals surface area contributed by atoms with Crippen molar-refractivity contribution in [3.05, 3.63) is 28.3 Å². The molecule has 1 aliphatic heterocycles. The van der Waals surface area contributed by atoms with Crippen LogP contribution in [0.15, 0.2) is 23.1 Å². The average molecular weight is 315 g/mol. The third-order valence-electron chi connectivity index (χ3n) is 3.45.